The molecule has 1 aliphatic heterocycles. The van der Waals surface area contributed by atoms with Gasteiger partial charge in [0.05, 0.1) is 17.7 Å². The molecule has 2 nitrogen and oxygen atoms in total. The highest BCUT2D eigenvalue weighted by Crippen LogP contribution is 1.89. The van der Waals surface area contributed by atoms with Crippen molar-refractivity contribution in [3.63, 3.8) is 0 Å². The third-order valence-electron chi connectivity index (χ3n) is 0.569. The Balaban J connectivity index is 2.08. The van der Waals surface area contributed by atoms with Crippen molar-refractivity contribution in [3.05, 3.63) is 5.21 Å². The summed E-state index contributed by atoms with van der Waals surface area (Å²) in [5.74, 6) is 1.05. The number of nitrogens with one attached hydrogen (secondary N) is 1. The molecule has 3 heteroatoms. The monoisotopic (exact) mass is 91.0 g/mol. The zero-order chi connectivity index (χ0) is 3.70. The Morgan fingerprint density at radius 2 is 2.20 bits per heavy atom. The van der Waals surface area contributed by atoms with E-state index in [-0.39, 0.29) is 0 Å². The summed E-state index contributed by atoms with van der Waals surface area (Å²) in [5.41, 5.74) is 0. The predicted molar refractivity (Wildman–Crippen MR) is 21.7 cm³/mol. The molecule has 0 aromatic carbocycles. The number of hydrogen-bond donors (Lipinski definition) is 1. The first kappa shape index (κ1) is 3.46. The summed E-state index contributed by atoms with van der Waals surface area (Å²) in [4.78, 5) is 0. The lowest BCUT2D eigenvalue weighted by Gasteiger charge is -2.26. The highest BCUT2D eigenvalue weighted by molar-refractivity contribution is 7.94. The minimum atomic E-state index is 0.352. The van der Waals surface area contributed by atoms with E-state index in [9.17, 15) is 5.21 Å². The van der Waals surface area contributed by atoms with E-state index in [1.165, 1.54) is 11.9 Å². The molecule has 1 fully saturated rings. The molecule has 1 atom stereocenters. The van der Waals surface area contributed by atoms with E-state index < -0.39 is 0 Å². The summed E-state index contributed by atoms with van der Waals surface area (Å²) in [6.07, 6.45) is 0. The van der Waals surface area contributed by atoms with Crippen LogP contribution in [0.4, 0.5) is 0 Å². The molecule has 1 saturated heterocycles. The van der Waals surface area contributed by atoms with Gasteiger partial charge in [0.2, 0.25) is 0 Å². The van der Waals surface area contributed by atoms with Crippen LogP contribution in [0.2, 0.25) is 0 Å². The third kappa shape index (κ3) is 0.560. The van der Waals surface area contributed by atoms with Gasteiger partial charge in [0.15, 0.2) is 0 Å². The molecular formula is C2H5NOS. The van der Waals surface area contributed by atoms with Crippen LogP contribution in [0, 0.1) is 5.21 Å². The molecule has 0 radical (unpaired) electrons. The molecule has 0 aromatic rings. The minimum absolute atomic E-state index is 0.352. The Labute approximate surface area is 34.9 Å². The van der Waals surface area contributed by atoms with Crippen LogP contribution < -0.4 is 4.47 Å². The number of hydrogen-bond acceptors (Lipinski definition) is 2. The van der Waals surface area contributed by atoms with Gasteiger partial charge in [-0.3, -0.25) is 0 Å². The molecule has 0 aromatic heterocycles. The number of hydroxylamine groups is 1. The predicted octanol–water partition coefficient (Wildman–Crippen LogP) is -0.969. The van der Waals surface area contributed by atoms with E-state index in [0.29, 0.717) is 4.47 Å². The zero-order valence-electron chi connectivity index (χ0n) is 2.73. The largest absolute Gasteiger partial charge is 0.622 e. The lowest BCUT2D eigenvalue weighted by atomic mass is 10.8. The van der Waals surface area contributed by atoms with Crippen LogP contribution in [0.25, 0.3) is 0 Å². The van der Waals surface area contributed by atoms with Crippen LogP contribution in [0.5, 0.6) is 0 Å². The third-order valence-corrected chi connectivity index (χ3v) is 1.50. The SMILES string of the molecule is [O-][NH+]1CCS1. The van der Waals surface area contributed by atoms with E-state index in [4.69, 9.17) is 0 Å². The Morgan fingerprint density at radius 1 is 1.80 bits per heavy atom. The van der Waals surface area contributed by atoms with E-state index in [0.717, 1.165) is 12.3 Å². The first-order chi connectivity index (χ1) is 2.39. The maximum Gasteiger partial charge on any atom is 0.102 e. The molecule has 30 valence electrons. The van der Waals surface area contributed by atoms with E-state index in [1.807, 2.05) is 0 Å². The van der Waals surface area contributed by atoms with E-state index >= 15 is 0 Å². The van der Waals surface area contributed by atoms with Crippen LogP contribution in [0.1, 0.15) is 0 Å². The highest BCUT2D eigenvalue weighted by atomic mass is 32.2. The van der Waals surface area contributed by atoms with Gasteiger partial charge in [-0.05, 0) is 0 Å². The second kappa shape index (κ2) is 1.16. The lowest BCUT2D eigenvalue weighted by Crippen LogP contribution is -3.06. The Morgan fingerprint density at radius 3 is 2.20 bits per heavy atom. The van der Waals surface area contributed by atoms with Gasteiger partial charge in [-0.2, -0.15) is 0 Å². The van der Waals surface area contributed by atoms with Gasteiger partial charge in [-0.15, -0.1) is 0 Å². The van der Waals surface area contributed by atoms with E-state index in [2.05, 4.69) is 0 Å². The highest BCUT2D eigenvalue weighted by Gasteiger charge is 2.09. The lowest BCUT2D eigenvalue weighted by molar-refractivity contribution is -0.709. The average molecular weight is 91.1 g/mol. The maximum atomic E-state index is 9.86. The van der Waals surface area contributed by atoms with Gasteiger partial charge in [0.25, 0.3) is 0 Å². The molecule has 1 aliphatic rings. The summed E-state index contributed by atoms with van der Waals surface area (Å²) < 4.78 is 0.352. The van der Waals surface area contributed by atoms with Gasteiger partial charge < -0.3 is 9.68 Å². The van der Waals surface area contributed by atoms with Crippen LogP contribution >= 0.6 is 11.9 Å². The molecule has 1 N–H and O–H groups in total. The zero-order valence-corrected chi connectivity index (χ0v) is 3.55. The smallest absolute Gasteiger partial charge is 0.102 e. The van der Waals surface area contributed by atoms with Crippen molar-refractivity contribution in [2.24, 2.45) is 0 Å². The van der Waals surface area contributed by atoms with Crippen molar-refractivity contribution in [2.45, 2.75) is 0 Å². The van der Waals surface area contributed by atoms with Gasteiger partial charge in [0.1, 0.15) is 6.54 Å². The fraction of sp³-hybridized carbons (Fsp3) is 1.00. The molecule has 0 aliphatic carbocycles. The fourth-order valence-corrected chi connectivity index (χ4v) is 0.556. The second-order valence-corrected chi connectivity index (χ2v) is 2.12. The van der Waals surface area contributed by atoms with Crippen molar-refractivity contribution in [1.82, 2.24) is 0 Å². The summed E-state index contributed by atoms with van der Waals surface area (Å²) in [5, 5.41) is 9.86. The van der Waals surface area contributed by atoms with Gasteiger partial charge >= 0.3 is 0 Å². The van der Waals surface area contributed by atoms with Crippen molar-refractivity contribution >= 4 is 11.9 Å². The van der Waals surface area contributed by atoms with Crippen LogP contribution in [-0.4, -0.2) is 12.3 Å². The summed E-state index contributed by atoms with van der Waals surface area (Å²) in [6, 6.07) is 0. The molecule has 0 spiro atoms. The average Bonchev–Trinajstić information content (AvgIpc) is 1.30. The Hall–Kier alpha value is 0.270. The first-order valence-corrected chi connectivity index (χ1v) is 2.54. The fourth-order valence-electron chi connectivity index (χ4n) is 0.185. The van der Waals surface area contributed by atoms with Crippen molar-refractivity contribution < 1.29 is 4.47 Å². The minimum Gasteiger partial charge on any atom is -0.622 e. The molecule has 0 amide bonds. The quantitative estimate of drug-likeness (QED) is 0.307. The number of quaternary nitrogens is 1. The summed E-state index contributed by atoms with van der Waals surface area (Å²) in [6.45, 7) is 0.810. The first-order valence-electron chi connectivity index (χ1n) is 1.55. The Kier molecular flexibility index (Phi) is 0.804. The van der Waals surface area contributed by atoms with Gasteiger partial charge in [-0.25, -0.2) is 0 Å². The normalized spacial score (nSPS) is 36.6. The molecular weight excluding hydrogens is 86.1 g/mol. The van der Waals surface area contributed by atoms with Crippen LogP contribution in [0.3, 0.4) is 0 Å². The maximum absolute atomic E-state index is 9.86. The topological polar surface area (TPSA) is 27.5 Å². The summed E-state index contributed by atoms with van der Waals surface area (Å²) in [7, 11) is 0. The molecule has 1 rings (SSSR count). The van der Waals surface area contributed by atoms with Gasteiger partial charge in [-0.1, -0.05) is 0 Å². The van der Waals surface area contributed by atoms with Crippen molar-refractivity contribution in [3.8, 4) is 0 Å². The summed E-state index contributed by atoms with van der Waals surface area (Å²) >= 11 is 1.42. The molecule has 0 bridgehead atoms. The second-order valence-electron chi connectivity index (χ2n) is 0.970. The molecule has 1 unspecified atom stereocenters. The molecule has 1 heterocycles. The van der Waals surface area contributed by atoms with Crippen molar-refractivity contribution in [1.29, 1.82) is 0 Å². The van der Waals surface area contributed by atoms with Crippen molar-refractivity contribution in [2.75, 3.05) is 12.3 Å². The molecule has 5 heavy (non-hydrogen) atoms. The van der Waals surface area contributed by atoms with Crippen LogP contribution in [0.15, 0.2) is 0 Å². The van der Waals surface area contributed by atoms with Crippen LogP contribution in [-0.2, 0) is 0 Å². The Bertz CT molecular complexity index is 36.6. The van der Waals surface area contributed by atoms with E-state index in [1.54, 1.807) is 0 Å². The molecule has 0 saturated carbocycles. The standard InChI is InChI=1S/C2H5NOS/c4-3-1-2-5-3/h3H,1-2H2. The van der Waals surface area contributed by atoms with Gasteiger partial charge in [0, 0.05) is 0 Å². The number of rotatable bonds is 0.